The number of nitrogens with zero attached hydrogens (tertiary/aromatic N) is 1. The largest absolute Gasteiger partial charge is 0.312 e. The SMILES string of the molecule is CCC(C)NC(C)CCN(C)C. The first kappa shape index (κ1) is 11.9. The Morgan fingerprint density at radius 3 is 2.17 bits per heavy atom. The van der Waals surface area contributed by atoms with E-state index in [0.717, 1.165) is 0 Å². The highest BCUT2D eigenvalue weighted by molar-refractivity contribution is 4.66. The molecule has 0 aromatic heterocycles. The monoisotopic (exact) mass is 172 g/mol. The highest BCUT2D eigenvalue weighted by atomic mass is 15.1. The molecule has 2 atom stereocenters. The maximum atomic E-state index is 3.56. The maximum absolute atomic E-state index is 3.56. The Morgan fingerprint density at radius 2 is 1.75 bits per heavy atom. The van der Waals surface area contributed by atoms with Gasteiger partial charge in [0.05, 0.1) is 0 Å². The molecule has 0 rings (SSSR count). The van der Waals surface area contributed by atoms with Crippen molar-refractivity contribution in [2.24, 2.45) is 0 Å². The Labute approximate surface area is 77.3 Å². The molecule has 74 valence electrons. The molecule has 0 radical (unpaired) electrons. The molecule has 0 aromatic rings. The first-order valence-electron chi connectivity index (χ1n) is 4.97. The summed E-state index contributed by atoms with van der Waals surface area (Å²) in [6.07, 6.45) is 2.45. The van der Waals surface area contributed by atoms with Gasteiger partial charge in [-0.15, -0.1) is 0 Å². The average molecular weight is 172 g/mol. The fourth-order valence-electron chi connectivity index (χ4n) is 1.14. The minimum Gasteiger partial charge on any atom is -0.312 e. The molecular formula is C10H24N2. The summed E-state index contributed by atoms with van der Waals surface area (Å²) in [6.45, 7) is 7.89. The van der Waals surface area contributed by atoms with Crippen LogP contribution < -0.4 is 5.32 Å². The smallest absolute Gasteiger partial charge is 0.00533 e. The molecule has 2 unspecified atom stereocenters. The van der Waals surface area contributed by atoms with Gasteiger partial charge in [0.15, 0.2) is 0 Å². The molecule has 0 spiro atoms. The van der Waals surface area contributed by atoms with Gasteiger partial charge >= 0.3 is 0 Å². The third kappa shape index (κ3) is 6.62. The molecule has 0 aliphatic rings. The summed E-state index contributed by atoms with van der Waals surface area (Å²) in [4.78, 5) is 2.23. The standard InChI is InChI=1S/C10H24N2/c1-6-9(2)11-10(3)7-8-12(4)5/h9-11H,6-8H2,1-5H3. The lowest BCUT2D eigenvalue weighted by molar-refractivity contribution is 0.351. The molecule has 0 aliphatic carbocycles. The molecule has 0 aliphatic heterocycles. The Balaban J connectivity index is 3.39. The Hall–Kier alpha value is -0.0800. The summed E-state index contributed by atoms with van der Waals surface area (Å²) in [5.74, 6) is 0. The van der Waals surface area contributed by atoms with Gasteiger partial charge in [-0.3, -0.25) is 0 Å². The van der Waals surface area contributed by atoms with E-state index < -0.39 is 0 Å². The van der Waals surface area contributed by atoms with Crippen LogP contribution in [0.4, 0.5) is 0 Å². The molecule has 2 heteroatoms. The van der Waals surface area contributed by atoms with E-state index in [1.807, 2.05) is 0 Å². The minimum atomic E-state index is 0.641. The van der Waals surface area contributed by atoms with Gasteiger partial charge in [-0.05, 0) is 47.3 Å². The topological polar surface area (TPSA) is 15.3 Å². The first-order valence-corrected chi connectivity index (χ1v) is 4.97. The molecule has 12 heavy (non-hydrogen) atoms. The number of nitrogens with one attached hydrogen (secondary N) is 1. The maximum Gasteiger partial charge on any atom is 0.00533 e. The van der Waals surface area contributed by atoms with Gasteiger partial charge in [0.2, 0.25) is 0 Å². The summed E-state index contributed by atoms with van der Waals surface area (Å²) < 4.78 is 0. The summed E-state index contributed by atoms with van der Waals surface area (Å²) in [5.41, 5.74) is 0. The fourth-order valence-corrected chi connectivity index (χ4v) is 1.14. The van der Waals surface area contributed by atoms with Crippen LogP contribution in [0.5, 0.6) is 0 Å². The van der Waals surface area contributed by atoms with Crippen molar-refractivity contribution < 1.29 is 0 Å². The summed E-state index contributed by atoms with van der Waals surface area (Å²) in [7, 11) is 4.24. The molecule has 0 heterocycles. The molecule has 0 fully saturated rings. The van der Waals surface area contributed by atoms with Crippen molar-refractivity contribution in [1.29, 1.82) is 0 Å². The van der Waals surface area contributed by atoms with E-state index >= 15 is 0 Å². The molecule has 1 N–H and O–H groups in total. The van der Waals surface area contributed by atoms with E-state index in [1.165, 1.54) is 19.4 Å². The predicted molar refractivity (Wildman–Crippen MR) is 55.5 cm³/mol. The Bertz CT molecular complexity index is 102. The molecule has 0 saturated heterocycles. The van der Waals surface area contributed by atoms with E-state index in [1.54, 1.807) is 0 Å². The van der Waals surface area contributed by atoms with Gasteiger partial charge in [0.25, 0.3) is 0 Å². The van der Waals surface area contributed by atoms with Crippen LogP contribution in [0.2, 0.25) is 0 Å². The summed E-state index contributed by atoms with van der Waals surface area (Å²) in [6, 6.07) is 1.30. The quantitative estimate of drug-likeness (QED) is 0.656. The Kier molecular flexibility index (Phi) is 6.39. The molecule has 0 amide bonds. The first-order chi connectivity index (χ1) is 5.56. The zero-order chi connectivity index (χ0) is 9.56. The van der Waals surface area contributed by atoms with E-state index in [9.17, 15) is 0 Å². The van der Waals surface area contributed by atoms with Crippen molar-refractivity contribution in [3.05, 3.63) is 0 Å². The van der Waals surface area contributed by atoms with Crippen molar-refractivity contribution in [2.75, 3.05) is 20.6 Å². The van der Waals surface area contributed by atoms with Gasteiger partial charge in [-0.2, -0.15) is 0 Å². The van der Waals surface area contributed by atoms with Crippen LogP contribution in [0.1, 0.15) is 33.6 Å². The third-order valence-electron chi connectivity index (χ3n) is 2.19. The van der Waals surface area contributed by atoms with Crippen LogP contribution in [0.3, 0.4) is 0 Å². The normalized spacial score (nSPS) is 16.5. The number of hydrogen-bond acceptors (Lipinski definition) is 2. The summed E-state index contributed by atoms with van der Waals surface area (Å²) in [5, 5.41) is 3.56. The predicted octanol–water partition coefficient (Wildman–Crippen LogP) is 1.71. The molecule has 2 nitrogen and oxygen atoms in total. The highest BCUT2D eigenvalue weighted by Crippen LogP contribution is 1.96. The highest BCUT2D eigenvalue weighted by Gasteiger charge is 2.04. The van der Waals surface area contributed by atoms with Gasteiger partial charge < -0.3 is 10.2 Å². The Morgan fingerprint density at radius 1 is 1.17 bits per heavy atom. The second-order valence-corrected chi connectivity index (χ2v) is 3.97. The van der Waals surface area contributed by atoms with E-state index in [2.05, 4.69) is 45.1 Å². The van der Waals surface area contributed by atoms with Gasteiger partial charge in [0.1, 0.15) is 0 Å². The van der Waals surface area contributed by atoms with E-state index in [-0.39, 0.29) is 0 Å². The van der Waals surface area contributed by atoms with Crippen molar-refractivity contribution >= 4 is 0 Å². The fraction of sp³-hybridized carbons (Fsp3) is 1.00. The minimum absolute atomic E-state index is 0.641. The van der Waals surface area contributed by atoms with E-state index in [0.29, 0.717) is 12.1 Å². The van der Waals surface area contributed by atoms with Crippen LogP contribution in [0.15, 0.2) is 0 Å². The van der Waals surface area contributed by atoms with Crippen LogP contribution in [0, 0.1) is 0 Å². The second-order valence-electron chi connectivity index (χ2n) is 3.97. The molecule has 0 saturated carbocycles. The third-order valence-corrected chi connectivity index (χ3v) is 2.19. The molecule has 0 aromatic carbocycles. The number of rotatable bonds is 6. The van der Waals surface area contributed by atoms with Crippen LogP contribution in [-0.4, -0.2) is 37.6 Å². The zero-order valence-corrected chi connectivity index (χ0v) is 9.22. The average Bonchev–Trinajstić information content (AvgIpc) is 2.00. The van der Waals surface area contributed by atoms with Crippen LogP contribution >= 0.6 is 0 Å². The van der Waals surface area contributed by atoms with Crippen molar-refractivity contribution in [2.45, 2.75) is 45.7 Å². The van der Waals surface area contributed by atoms with Crippen molar-refractivity contribution in [1.82, 2.24) is 10.2 Å². The zero-order valence-electron chi connectivity index (χ0n) is 9.22. The van der Waals surface area contributed by atoms with Crippen molar-refractivity contribution in [3.63, 3.8) is 0 Å². The second kappa shape index (κ2) is 6.44. The molecular weight excluding hydrogens is 148 g/mol. The van der Waals surface area contributed by atoms with Crippen LogP contribution in [-0.2, 0) is 0 Å². The lowest BCUT2D eigenvalue weighted by atomic mass is 10.2. The van der Waals surface area contributed by atoms with Crippen LogP contribution in [0.25, 0.3) is 0 Å². The van der Waals surface area contributed by atoms with E-state index in [4.69, 9.17) is 0 Å². The van der Waals surface area contributed by atoms with Gasteiger partial charge in [0, 0.05) is 12.1 Å². The lowest BCUT2D eigenvalue weighted by Crippen LogP contribution is -2.35. The lowest BCUT2D eigenvalue weighted by Gasteiger charge is -2.20. The summed E-state index contributed by atoms with van der Waals surface area (Å²) >= 11 is 0. The van der Waals surface area contributed by atoms with Gasteiger partial charge in [-0.25, -0.2) is 0 Å². The molecule has 0 bridgehead atoms. The van der Waals surface area contributed by atoms with Crippen molar-refractivity contribution in [3.8, 4) is 0 Å². The number of hydrogen-bond donors (Lipinski definition) is 1. The van der Waals surface area contributed by atoms with Gasteiger partial charge in [-0.1, -0.05) is 6.92 Å².